The van der Waals surface area contributed by atoms with E-state index in [1.807, 2.05) is 0 Å². The summed E-state index contributed by atoms with van der Waals surface area (Å²) < 4.78 is 5.91. The van der Waals surface area contributed by atoms with Crippen LogP contribution in [0.1, 0.15) is 39.2 Å². The SMILES string of the molecule is CC(C)(C)OC(=O)CC(=O)CC1(O)C(=O)Nc2ccc(I)cc21. The Morgan fingerprint density at radius 3 is 2.61 bits per heavy atom. The lowest BCUT2D eigenvalue weighted by Gasteiger charge is -2.21. The molecule has 124 valence electrons. The van der Waals surface area contributed by atoms with Crippen LogP contribution in [0, 0.1) is 3.57 Å². The van der Waals surface area contributed by atoms with Crippen LogP contribution in [-0.2, 0) is 24.7 Å². The predicted molar refractivity (Wildman–Crippen MR) is 91.8 cm³/mol. The van der Waals surface area contributed by atoms with Crippen LogP contribution in [0.25, 0.3) is 0 Å². The number of ether oxygens (including phenoxy) is 1. The standard InChI is InChI=1S/C16H18INO5/c1-15(2,3)23-13(20)7-10(19)8-16(22)11-6-9(17)4-5-12(11)18-14(16)21/h4-6,22H,7-8H2,1-3H3,(H,18,21). The van der Waals surface area contributed by atoms with Crippen molar-refractivity contribution in [3.05, 3.63) is 27.3 Å². The summed E-state index contributed by atoms with van der Waals surface area (Å²) in [7, 11) is 0. The summed E-state index contributed by atoms with van der Waals surface area (Å²) in [6.07, 6.45) is -0.947. The van der Waals surface area contributed by atoms with E-state index in [9.17, 15) is 19.5 Å². The molecule has 2 N–H and O–H groups in total. The molecule has 1 aromatic rings. The smallest absolute Gasteiger partial charge is 0.313 e. The van der Waals surface area contributed by atoms with E-state index in [-0.39, 0.29) is 0 Å². The number of hydrogen-bond acceptors (Lipinski definition) is 5. The predicted octanol–water partition coefficient (Wildman–Crippen LogP) is 2.12. The zero-order valence-corrected chi connectivity index (χ0v) is 15.3. The summed E-state index contributed by atoms with van der Waals surface area (Å²) in [5.74, 6) is -1.89. The van der Waals surface area contributed by atoms with Gasteiger partial charge in [-0.05, 0) is 61.6 Å². The van der Waals surface area contributed by atoms with Crippen LogP contribution in [0.2, 0.25) is 0 Å². The third-order valence-corrected chi connectivity index (χ3v) is 3.94. The highest BCUT2D eigenvalue weighted by molar-refractivity contribution is 14.1. The summed E-state index contributed by atoms with van der Waals surface area (Å²) in [6, 6.07) is 5.10. The molecule has 0 aromatic heterocycles. The normalized spacial score (nSPS) is 20.0. The first-order valence-corrected chi connectivity index (χ1v) is 8.16. The fourth-order valence-corrected chi connectivity index (χ4v) is 2.87. The molecule has 0 bridgehead atoms. The Kier molecular flexibility index (Phi) is 4.81. The van der Waals surface area contributed by atoms with E-state index in [2.05, 4.69) is 27.9 Å². The Balaban J connectivity index is 2.13. The number of carbonyl (C=O) groups excluding carboxylic acids is 3. The van der Waals surface area contributed by atoms with Crippen LogP contribution in [0.15, 0.2) is 18.2 Å². The van der Waals surface area contributed by atoms with E-state index >= 15 is 0 Å². The lowest BCUT2D eigenvalue weighted by atomic mass is 9.89. The van der Waals surface area contributed by atoms with E-state index in [0.717, 1.165) is 3.57 Å². The van der Waals surface area contributed by atoms with Crippen molar-refractivity contribution >= 4 is 45.9 Å². The van der Waals surface area contributed by atoms with Gasteiger partial charge < -0.3 is 15.2 Å². The van der Waals surface area contributed by atoms with Gasteiger partial charge in [-0.25, -0.2) is 0 Å². The molecule has 1 heterocycles. The van der Waals surface area contributed by atoms with Crippen molar-refractivity contribution in [3.8, 4) is 0 Å². The monoisotopic (exact) mass is 431 g/mol. The summed E-state index contributed by atoms with van der Waals surface area (Å²) >= 11 is 2.06. The summed E-state index contributed by atoms with van der Waals surface area (Å²) in [5, 5.41) is 13.2. The number of benzene rings is 1. The average Bonchev–Trinajstić information content (AvgIpc) is 2.59. The molecule has 0 saturated carbocycles. The van der Waals surface area contributed by atoms with Crippen LogP contribution in [0.3, 0.4) is 0 Å². The molecule has 0 aliphatic carbocycles. The van der Waals surface area contributed by atoms with Crippen LogP contribution < -0.4 is 5.32 Å². The summed E-state index contributed by atoms with van der Waals surface area (Å²) in [5.41, 5.74) is -1.81. The summed E-state index contributed by atoms with van der Waals surface area (Å²) in [4.78, 5) is 35.9. The number of nitrogens with one attached hydrogen (secondary N) is 1. The van der Waals surface area contributed by atoms with Crippen LogP contribution in [0.4, 0.5) is 5.69 Å². The molecule has 1 aliphatic heterocycles. The molecule has 0 radical (unpaired) electrons. The molecule has 1 amide bonds. The highest BCUT2D eigenvalue weighted by Crippen LogP contribution is 2.39. The number of hydrogen-bond donors (Lipinski definition) is 2. The number of Topliss-reactive ketones (excluding diaryl/α,β-unsaturated/α-hetero) is 1. The van der Waals surface area contributed by atoms with Gasteiger partial charge in [0.2, 0.25) is 0 Å². The Hall–Kier alpha value is -1.48. The van der Waals surface area contributed by atoms with Crippen molar-refractivity contribution in [1.29, 1.82) is 0 Å². The van der Waals surface area contributed by atoms with Gasteiger partial charge in [-0.3, -0.25) is 14.4 Å². The first-order chi connectivity index (χ1) is 10.5. The molecule has 6 nitrogen and oxygen atoms in total. The molecule has 2 rings (SSSR count). The van der Waals surface area contributed by atoms with Gasteiger partial charge in [0.1, 0.15) is 17.8 Å². The number of halogens is 1. The lowest BCUT2D eigenvalue weighted by Crippen LogP contribution is -2.37. The first kappa shape index (κ1) is 17.9. The number of fused-ring (bicyclic) bond motifs is 1. The molecule has 0 fully saturated rings. The molecule has 1 aromatic carbocycles. The maximum absolute atomic E-state index is 12.1. The quantitative estimate of drug-likeness (QED) is 0.433. The second kappa shape index (κ2) is 6.20. The van der Waals surface area contributed by atoms with Crippen LogP contribution in [0.5, 0.6) is 0 Å². The number of carbonyl (C=O) groups is 3. The lowest BCUT2D eigenvalue weighted by molar-refractivity contribution is -0.157. The Morgan fingerprint density at radius 2 is 2.00 bits per heavy atom. The molecule has 0 spiro atoms. The van der Waals surface area contributed by atoms with Crippen molar-refractivity contribution < 1.29 is 24.2 Å². The number of rotatable bonds is 4. The van der Waals surface area contributed by atoms with Crippen LogP contribution in [-0.4, -0.2) is 28.4 Å². The minimum atomic E-state index is -1.95. The number of esters is 1. The molecule has 23 heavy (non-hydrogen) atoms. The van der Waals surface area contributed by atoms with Crippen LogP contribution >= 0.6 is 22.6 Å². The number of anilines is 1. The van der Waals surface area contributed by atoms with Gasteiger partial charge in [0.05, 0.1) is 0 Å². The zero-order chi connectivity index (χ0) is 17.4. The third-order valence-electron chi connectivity index (χ3n) is 3.27. The molecular formula is C16H18INO5. The molecule has 1 atom stereocenters. The fraction of sp³-hybridized carbons (Fsp3) is 0.438. The van der Waals surface area contributed by atoms with Crippen molar-refractivity contribution in [2.45, 2.75) is 44.8 Å². The van der Waals surface area contributed by atoms with Crippen molar-refractivity contribution in [2.75, 3.05) is 5.32 Å². The van der Waals surface area contributed by atoms with Gasteiger partial charge in [0.15, 0.2) is 5.60 Å². The highest BCUT2D eigenvalue weighted by atomic mass is 127. The van der Waals surface area contributed by atoms with Crippen molar-refractivity contribution in [3.63, 3.8) is 0 Å². The van der Waals surface area contributed by atoms with E-state index in [0.29, 0.717) is 11.3 Å². The van der Waals surface area contributed by atoms with E-state index in [1.54, 1.807) is 39.0 Å². The molecular weight excluding hydrogens is 413 g/mol. The maximum atomic E-state index is 12.1. The molecule has 7 heteroatoms. The number of aliphatic hydroxyl groups is 1. The zero-order valence-electron chi connectivity index (χ0n) is 13.1. The minimum absolute atomic E-state index is 0.354. The van der Waals surface area contributed by atoms with E-state index in [1.165, 1.54) is 0 Å². The van der Waals surface area contributed by atoms with E-state index < -0.39 is 41.7 Å². The number of amides is 1. The third kappa shape index (κ3) is 4.08. The largest absolute Gasteiger partial charge is 0.460 e. The van der Waals surface area contributed by atoms with Gasteiger partial charge in [0, 0.05) is 21.2 Å². The second-order valence-corrected chi connectivity index (χ2v) is 7.73. The highest BCUT2D eigenvalue weighted by Gasteiger charge is 2.47. The second-order valence-electron chi connectivity index (χ2n) is 6.48. The number of ketones is 1. The summed E-state index contributed by atoms with van der Waals surface area (Å²) in [6.45, 7) is 5.10. The molecule has 1 aliphatic rings. The van der Waals surface area contributed by atoms with Gasteiger partial charge in [0.25, 0.3) is 5.91 Å². The average molecular weight is 431 g/mol. The fourth-order valence-electron chi connectivity index (χ4n) is 2.38. The van der Waals surface area contributed by atoms with Gasteiger partial charge in [-0.1, -0.05) is 0 Å². The van der Waals surface area contributed by atoms with Gasteiger partial charge in [-0.2, -0.15) is 0 Å². The topological polar surface area (TPSA) is 92.7 Å². The Bertz CT molecular complexity index is 680. The van der Waals surface area contributed by atoms with Gasteiger partial charge >= 0.3 is 5.97 Å². The first-order valence-electron chi connectivity index (χ1n) is 7.09. The van der Waals surface area contributed by atoms with Gasteiger partial charge in [-0.15, -0.1) is 0 Å². The van der Waals surface area contributed by atoms with Crippen molar-refractivity contribution in [1.82, 2.24) is 0 Å². The van der Waals surface area contributed by atoms with Crippen molar-refractivity contribution in [2.24, 2.45) is 0 Å². The van der Waals surface area contributed by atoms with E-state index in [4.69, 9.17) is 4.74 Å². The molecule has 1 unspecified atom stereocenters. The minimum Gasteiger partial charge on any atom is -0.460 e. The Morgan fingerprint density at radius 1 is 1.35 bits per heavy atom. The maximum Gasteiger partial charge on any atom is 0.313 e. The Labute approximate surface area is 147 Å². The molecule has 0 saturated heterocycles.